The molecule has 2 heterocycles. The monoisotopic (exact) mass is 279 g/mol. The van der Waals surface area contributed by atoms with Gasteiger partial charge in [-0.05, 0) is 12.5 Å². The zero-order valence-corrected chi connectivity index (χ0v) is 12.8. The van der Waals surface area contributed by atoms with Crippen molar-refractivity contribution in [3.8, 4) is 6.01 Å². The normalized spacial score (nSPS) is 17.1. The van der Waals surface area contributed by atoms with Crippen molar-refractivity contribution in [3.05, 3.63) is 18.0 Å². The van der Waals surface area contributed by atoms with Crippen LogP contribution >= 0.6 is 0 Å². The second-order valence-electron chi connectivity index (χ2n) is 6.13. The van der Waals surface area contributed by atoms with Crippen LogP contribution in [0.1, 0.15) is 32.9 Å². The van der Waals surface area contributed by atoms with E-state index < -0.39 is 0 Å². The standard InChI is InChI=1S/C15H25N3O2/c1-15(2,3)13-5-6-16-14(17-13)20-10-4-7-18-8-11-19-12-9-18/h5-6H,4,7-12H2,1-3H3. The van der Waals surface area contributed by atoms with E-state index in [9.17, 15) is 0 Å². The minimum absolute atomic E-state index is 0.0227. The molecule has 0 spiro atoms. The fourth-order valence-corrected chi connectivity index (χ4v) is 2.10. The van der Waals surface area contributed by atoms with Crippen molar-refractivity contribution >= 4 is 0 Å². The molecule has 2 rings (SSSR count). The summed E-state index contributed by atoms with van der Waals surface area (Å²) in [5, 5.41) is 0. The van der Waals surface area contributed by atoms with Gasteiger partial charge in [0.2, 0.25) is 0 Å². The average molecular weight is 279 g/mol. The molecule has 112 valence electrons. The zero-order chi connectivity index (χ0) is 14.4. The lowest BCUT2D eigenvalue weighted by Crippen LogP contribution is -2.37. The van der Waals surface area contributed by atoms with Gasteiger partial charge in [0.1, 0.15) is 0 Å². The molecule has 0 saturated carbocycles. The van der Waals surface area contributed by atoms with Crippen LogP contribution in [0.15, 0.2) is 12.3 Å². The molecule has 0 amide bonds. The molecule has 1 fully saturated rings. The minimum atomic E-state index is 0.0227. The average Bonchev–Trinajstić information content (AvgIpc) is 2.44. The number of rotatable bonds is 5. The first-order valence-electron chi connectivity index (χ1n) is 7.32. The SMILES string of the molecule is CC(C)(C)c1ccnc(OCCCN2CCOCC2)n1. The van der Waals surface area contributed by atoms with Gasteiger partial charge in [-0.15, -0.1) is 0 Å². The molecule has 5 heteroatoms. The van der Waals surface area contributed by atoms with Crippen LogP contribution in [0.4, 0.5) is 0 Å². The quantitative estimate of drug-likeness (QED) is 0.770. The summed E-state index contributed by atoms with van der Waals surface area (Å²) in [7, 11) is 0. The molecule has 5 nitrogen and oxygen atoms in total. The predicted molar refractivity (Wildman–Crippen MR) is 78.1 cm³/mol. The first-order chi connectivity index (χ1) is 9.55. The van der Waals surface area contributed by atoms with Crippen molar-refractivity contribution in [1.29, 1.82) is 0 Å². The molecule has 0 unspecified atom stereocenters. The zero-order valence-electron chi connectivity index (χ0n) is 12.8. The van der Waals surface area contributed by atoms with Crippen molar-refractivity contribution in [2.75, 3.05) is 39.5 Å². The van der Waals surface area contributed by atoms with Crippen molar-refractivity contribution in [2.45, 2.75) is 32.6 Å². The second kappa shape index (κ2) is 6.99. The first kappa shape index (κ1) is 15.2. The lowest BCUT2D eigenvalue weighted by atomic mass is 9.92. The van der Waals surface area contributed by atoms with E-state index >= 15 is 0 Å². The van der Waals surface area contributed by atoms with E-state index in [0.717, 1.165) is 45.0 Å². The van der Waals surface area contributed by atoms with Gasteiger partial charge in [-0.2, -0.15) is 4.98 Å². The number of hydrogen-bond acceptors (Lipinski definition) is 5. The summed E-state index contributed by atoms with van der Waals surface area (Å²) in [6, 6.07) is 2.43. The molecule has 1 aliphatic rings. The molecule has 20 heavy (non-hydrogen) atoms. The van der Waals surface area contributed by atoms with E-state index in [-0.39, 0.29) is 5.41 Å². The van der Waals surface area contributed by atoms with E-state index in [0.29, 0.717) is 12.6 Å². The Kier molecular flexibility index (Phi) is 5.31. The van der Waals surface area contributed by atoms with Gasteiger partial charge < -0.3 is 9.47 Å². The minimum Gasteiger partial charge on any atom is -0.463 e. The third kappa shape index (κ3) is 4.72. The van der Waals surface area contributed by atoms with Gasteiger partial charge in [0.05, 0.1) is 25.5 Å². The number of aromatic nitrogens is 2. The van der Waals surface area contributed by atoms with E-state index in [2.05, 4.69) is 35.6 Å². The Labute approximate surface area is 121 Å². The molecule has 0 aromatic carbocycles. The Morgan fingerprint density at radius 1 is 1.30 bits per heavy atom. The van der Waals surface area contributed by atoms with Gasteiger partial charge in [0.25, 0.3) is 0 Å². The van der Waals surface area contributed by atoms with Crippen LogP contribution in [-0.4, -0.2) is 54.3 Å². The van der Waals surface area contributed by atoms with Gasteiger partial charge in [-0.1, -0.05) is 20.8 Å². The topological polar surface area (TPSA) is 47.5 Å². The molecule has 1 aliphatic heterocycles. The fraction of sp³-hybridized carbons (Fsp3) is 0.733. The summed E-state index contributed by atoms with van der Waals surface area (Å²) in [6.07, 6.45) is 2.76. The maximum absolute atomic E-state index is 5.65. The number of hydrogen-bond donors (Lipinski definition) is 0. The maximum Gasteiger partial charge on any atom is 0.316 e. The van der Waals surface area contributed by atoms with E-state index in [1.807, 2.05) is 6.07 Å². The van der Waals surface area contributed by atoms with Crippen LogP contribution in [0.2, 0.25) is 0 Å². The van der Waals surface area contributed by atoms with Crippen LogP contribution in [0, 0.1) is 0 Å². The van der Waals surface area contributed by atoms with Gasteiger partial charge in [-0.3, -0.25) is 4.90 Å². The fourth-order valence-electron chi connectivity index (χ4n) is 2.10. The highest BCUT2D eigenvalue weighted by Crippen LogP contribution is 2.20. The molecular formula is C15H25N3O2. The van der Waals surface area contributed by atoms with Gasteiger partial charge >= 0.3 is 6.01 Å². The highest BCUT2D eigenvalue weighted by atomic mass is 16.5. The smallest absolute Gasteiger partial charge is 0.316 e. The van der Waals surface area contributed by atoms with E-state index in [4.69, 9.17) is 9.47 Å². The van der Waals surface area contributed by atoms with E-state index in [1.54, 1.807) is 6.20 Å². The Bertz CT molecular complexity index is 412. The second-order valence-corrected chi connectivity index (χ2v) is 6.13. The molecule has 0 atom stereocenters. The maximum atomic E-state index is 5.65. The largest absolute Gasteiger partial charge is 0.463 e. The molecule has 1 aromatic heterocycles. The van der Waals surface area contributed by atoms with Gasteiger partial charge in [0, 0.05) is 31.2 Å². The first-order valence-corrected chi connectivity index (χ1v) is 7.32. The van der Waals surface area contributed by atoms with Crippen LogP contribution < -0.4 is 4.74 Å². The van der Waals surface area contributed by atoms with Crippen molar-refractivity contribution in [1.82, 2.24) is 14.9 Å². The Morgan fingerprint density at radius 3 is 2.75 bits per heavy atom. The van der Waals surface area contributed by atoms with Gasteiger partial charge in [0.15, 0.2) is 0 Å². The van der Waals surface area contributed by atoms with E-state index in [1.165, 1.54) is 0 Å². The van der Waals surface area contributed by atoms with Crippen LogP contribution in [0.5, 0.6) is 6.01 Å². The van der Waals surface area contributed by atoms with Crippen molar-refractivity contribution in [3.63, 3.8) is 0 Å². The summed E-state index contributed by atoms with van der Waals surface area (Å²) in [6.45, 7) is 11.8. The Hall–Kier alpha value is -1.20. The lowest BCUT2D eigenvalue weighted by molar-refractivity contribution is 0.0356. The molecular weight excluding hydrogens is 254 g/mol. The molecule has 0 radical (unpaired) electrons. The highest BCUT2D eigenvalue weighted by molar-refractivity contribution is 5.13. The third-order valence-electron chi connectivity index (χ3n) is 3.36. The lowest BCUT2D eigenvalue weighted by Gasteiger charge is -2.26. The Morgan fingerprint density at radius 2 is 2.05 bits per heavy atom. The molecule has 1 aromatic rings. The summed E-state index contributed by atoms with van der Waals surface area (Å²) >= 11 is 0. The highest BCUT2D eigenvalue weighted by Gasteiger charge is 2.16. The summed E-state index contributed by atoms with van der Waals surface area (Å²) in [5.74, 6) is 0. The molecule has 0 aliphatic carbocycles. The number of morpholine rings is 1. The Balaban J connectivity index is 1.73. The van der Waals surface area contributed by atoms with Crippen molar-refractivity contribution < 1.29 is 9.47 Å². The summed E-state index contributed by atoms with van der Waals surface area (Å²) in [5.41, 5.74) is 1.03. The molecule has 0 N–H and O–H groups in total. The van der Waals surface area contributed by atoms with Crippen LogP contribution in [0.25, 0.3) is 0 Å². The van der Waals surface area contributed by atoms with Crippen LogP contribution in [0.3, 0.4) is 0 Å². The molecule has 1 saturated heterocycles. The summed E-state index contributed by atoms with van der Waals surface area (Å²) in [4.78, 5) is 11.0. The predicted octanol–water partition coefficient (Wildman–Crippen LogP) is 1.88. The third-order valence-corrected chi connectivity index (χ3v) is 3.36. The van der Waals surface area contributed by atoms with Crippen molar-refractivity contribution in [2.24, 2.45) is 0 Å². The number of nitrogens with zero attached hydrogens (tertiary/aromatic N) is 3. The van der Waals surface area contributed by atoms with Crippen LogP contribution in [-0.2, 0) is 10.2 Å². The molecule has 0 bridgehead atoms. The summed E-state index contributed by atoms with van der Waals surface area (Å²) < 4.78 is 11.0. The number of ether oxygens (including phenoxy) is 2. The van der Waals surface area contributed by atoms with Gasteiger partial charge in [-0.25, -0.2) is 4.98 Å².